The van der Waals surface area contributed by atoms with Gasteiger partial charge in [-0.15, -0.1) is 0 Å². The topological polar surface area (TPSA) is 64.6 Å². The molecule has 0 bridgehead atoms. The fourth-order valence-corrected chi connectivity index (χ4v) is 0.815. The molecule has 102 valence electrons. The van der Waals surface area contributed by atoms with Gasteiger partial charge in [-0.05, 0) is 27.8 Å². The number of hydrogen-bond acceptors (Lipinski definition) is 5. The smallest absolute Gasteiger partial charge is 0.333 e. The minimum atomic E-state index is -0.617. The van der Waals surface area contributed by atoms with E-state index in [2.05, 4.69) is 10.1 Å². The van der Waals surface area contributed by atoms with Crippen molar-refractivity contribution in [3.05, 3.63) is 0 Å². The van der Waals surface area contributed by atoms with Crippen molar-refractivity contribution in [2.75, 3.05) is 13.7 Å². The first-order valence-corrected chi connectivity index (χ1v) is 5.79. The zero-order valence-electron chi connectivity index (χ0n) is 11.9. The Morgan fingerprint density at radius 3 is 2.00 bits per heavy atom. The number of carbonyl (C=O) groups excluding carboxylic acids is 2. The van der Waals surface area contributed by atoms with Crippen LogP contribution in [0.25, 0.3) is 0 Å². The highest BCUT2D eigenvalue weighted by molar-refractivity contribution is 5.87. The summed E-state index contributed by atoms with van der Waals surface area (Å²) >= 11 is 0. The van der Waals surface area contributed by atoms with Crippen LogP contribution in [0.2, 0.25) is 0 Å². The van der Waals surface area contributed by atoms with E-state index >= 15 is 0 Å². The number of esters is 2. The van der Waals surface area contributed by atoms with Crippen LogP contribution in [-0.4, -0.2) is 37.2 Å². The molecule has 0 aromatic heterocycles. The summed E-state index contributed by atoms with van der Waals surface area (Å²) in [5.41, 5.74) is -0.328. The lowest BCUT2D eigenvalue weighted by Gasteiger charge is -2.22. The van der Waals surface area contributed by atoms with Crippen molar-refractivity contribution in [3.63, 3.8) is 0 Å². The number of carbonyl (C=O) groups is 2. The van der Waals surface area contributed by atoms with E-state index in [9.17, 15) is 9.59 Å². The van der Waals surface area contributed by atoms with Crippen LogP contribution in [0.4, 0.5) is 0 Å². The molecule has 0 amide bonds. The average molecular weight is 247 g/mol. The molecule has 1 N–H and O–H groups in total. The van der Waals surface area contributed by atoms with E-state index < -0.39 is 18.0 Å². The molecule has 5 nitrogen and oxygen atoms in total. The van der Waals surface area contributed by atoms with Gasteiger partial charge in [0.15, 0.2) is 0 Å². The maximum atomic E-state index is 11.3. The van der Waals surface area contributed by atoms with Gasteiger partial charge in [-0.2, -0.15) is 0 Å². The minimum Gasteiger partial charge on any atom is -0.392 e. The number of hydrogen-bond donors (Lipinski definition) is 1. The van der Waals surface area contributed by atoms with Gasteiger partial charge in [-0.1, -0.05) is 13.8 Å². The summed E-state index contributed by atoms with van der Waals surface area (Å²) in [4.78, 5) is 21.9. The summed E-state index contributed by atoms with van der Waals surface area (Å²) in [7, 11) is 1.61. The van der Waals surface area contributed by atoms with Gasteiger partial charge in [-0.3, -0.25) is 4.79 Å². The van der Waals surface area contributed by atoms with Gasteiger partial charge in [0, 0.05) is 6.92 Å². The predicted molar refractivity (Wildman–Crippen MR) is 66.7 cm³/mol. The van der Waals surface area contributed by atoms with Crippen LogP contribution < -0.4 is 5.32 Å². The van der Waals surface area contributed by atoms with Crippen LogP contribution in [0.1, 0.15) is 41.5 Å². The van der Waals surface area contributed by atoms with Crippen LogP contribution in [0.3, 0.4) is 0 Å². The predicted octanol–water partition coefficient (Wildman–Crippen LogP) is 1.51. The molecule has 1 atom stereocenters. The molecule has 0 saturated carbocycles. The highest BCUT2D eigenvalue weighted by Gasteiger charge is 2.22. The van der Waals surface area contributed by atoms with E-state index in [-0.39, 0.29) is 12.2 Å². The van der Waals surface area contributed by atoms with Crippen molar-refractivity contribution in [1.29, 1.82) is 0 Å². The zero-order chi connectivity index (χ0) is 14.1. The fourth-order valence-electron chi connectivity index (χ4n) is 0.815. The first-order valence-electron chi connectivity index (χ1n) is 5.79. The first kappa shape index (κ1) is 18.4. The normalized spacial score (nSPS) is 12.2. The Morgan fingerprint density at radius 2 is 1.71 bits per heavy atom. The fraction of sp³-hybridized carbons (Fsp3) is 0.833. The molecular weight excluding hydrogens is 222 g/mol. The summed E-state index contributed by atoms with van der Waals surface area (Å²) in [6.07, 6.45) is 0. The van der Waals surface area contributed by atoms with Crippen molar-refractivity contribution < 1.29 is 19.1 Å². The third-order valence-electron chi connectivity index (χ3n) is 1.56. The molecule has 0 aliphatic carbocycles. The maximum absolute atomic E-state index is 11.3. The van der Waals surface area contributed by atoms with Crippen molar-refractivity contribution in [2.45, 2.75) is 53.2 Å². The first-order chi connectivity index (χ1) is 7.76. The molecule has 0 fully saturated rings. The summed E-state index contributed by atoms with van der Waals surface area (Å²) in [6.45, 7) is 11.0. The molecule has 0 radical (unpaired) electrons. The third kappa shape index (κ3) is 11.3. The van der Waals surface area contributed by atoms with Gasteiger partial charge in [0.25, 0.3) is 0 Å². The molecule has 17 heavy (non-hydrogen) atoms. The lowest BCUT2D eigenvalue weighted by atomic mass is 10.2. The van der Waals surface area contributed by atoms with Crippen LogP contribution in [0, 0.1) is 0 Å². The minimum absolute atomic E-state index is 0.173. The van der Waals surface area contributed by atoms with Crippen LogP contribution >= 0.6 is 0 Å². The third-order valence-corrected chi connectivity index (χ3v) is 1.56. The van der Waals surface area contributed by atoms with Crippen molar-refractivity contribution in [1.82, 2.24) is 5.32 Å². The molecular formula is C12H25NO4. The summed E-state index contributed by atoms with van der Waals surface area (Å²) in [5.74, 6) is -1.23. The Balaban J connectivity index is 0. The number of rotatable bonds is 4. The van der Waals surface area contributed by atoms with E-state index in [0.29, 0.717) is 0 Å². The van der Waals surface area contributed by atoms with Crippen LogP contribution in [0.5, 0.6) is 0 Å². The standard InChI is InChI=1S/C10H19NO4.C2H6/c1-7(12)15-9(13)8(11-5)6-14-10(2,3)4;1-2/h8,11H,6H2,1-5H3;1-2H3/t8-;/m0./s1. The molecule has 0 saturated heterocycles. The Hall–Kier alpha value is -0.940. The zero-order valence-corrected chi connectivity index (χ0v) is 11.9. The van der Waals surface area contributed by atoms with Gasteiger partial charge in [0.05, 0.1) is 12.2 Å². The Morgan fingerprint density at radius 1 is 1.24 bits per heavy atom. The lowest BCUT2D eigenvalue weighted by molar-refractivity contribution is -0.161. The van der Waals surface area contributed by atoms with Crippen LogP contribution in [0.15, 0.2) is 0 Å². The largest absolute Gasteiger partial charge is 0.392 e. The van der Waals surface area contributed by atoms with Gasteiger partial charge in [0.2, 0.25) is 0 Å². The number of nitrogens with one attached hydrogen (secondary N) is 1. The average Bonchev–Trinajstić information content (AvgIpc) is 2.18. The lowest BCUT2D eigenvalue weighted by Crippen LogP contribution is -2.42. The van der Waals surface area contributed by atoms with Gasteiger partial charge >= 0.3 is 11.9 Å². The van der Waals surface area contributed by atoms with Crippen molar-refractivity contribution >= 4 is 11.9 Å². The van der Waals surface area contributed by atoms with E-state index in [1.165, 1.54) is 6.92 Å². The molecule has 0 rings (SSSR count). The van der Waals surface area contributed by atoms with Gasteiger partial charge in [0.1, 0.15) is 6.04 Å². The highest BCUT2D eigenvalue weighted by atomic mass is 16.6. The van der Waals surface area contributed by atoms with E-state index in [4.69, 9.17) is 4.74 Å². The van der Waals surface area contributed by atoms with Crippen LogP contribution in [-0.2, 0) is 19.1 Å². The van der Waals surface area contributed by atoms with E-state index in [1.807, 2.05) is 34.6 Å². The van der Waals surface area contributed by atoms with E-state index in [0.717, 1.165) is 0 Å². The SMILES string of the molecule is CC.CN[C@@H](COC(C)(C)C)C(=O)OC(C)=O. The molecule has 0 aliphatic rings. The Kier molecular flexibility index (Phi) is 9.89. The summed E-state index contributed by atoms with van der Waals surface area (Å²) < 4.78 is 9.86. The second kappa shape index (κ2) is 9.13. The molecule has 0 aromatic carbocycles. The number of ether oxygens (including phenoxy) is 2. The van der Waals surface area contributed by atoms with E-state index in [1.54, 1.807) is 7.05 Å². The van der Waals surface area contributed by atoms with Gasteiger partial charge < -0.3 is 14.8 Å². The molecule has 0 aromatic rings. The maximum Gasteiger partial charge on any atom is 0.333 e. The molecule has 0 unspecified atom stereocenters. The Labute approximate surface area is 104 Å². The molecule has 0 aliphatic heterocycles. The van der Waals surface area contributed by atoms with Gasteiger partial charge in [-0.25, -0.2) is 4.79 Å². The summed E-state index contributed by atoms with van der Waals surface area (Å²) in [5, 5.41) is 2.73. The molecule has 0 heterocycles. The second-order valence-electron chi connectivity index (χ2n) is 4.18. The summed E-state index contributed by atoms with van der Waals surface area (Å²) in [6, 6.07) is -0.617. The molecule has 0 spiro atoms. The van der Waals surface area contributed by atoms with Crippen molar-refractivity contribution in [3.8, 4) is 0 Å². The van der Waals surface area contributed by atoms with Crippen molar-refractivity contribution in [2.24, 2.45) is 0 Å². The second-order valence-corrected chi connectivity index (χ2v) is 4.18. The number of likely N-dealkylation sites (N-methyl/N-ethyl adjacent to an activating group) is 1. The molecule has 5 heteroatoms. The highest BCUT2D eigenvalue weighted by Crippen LogP contribution is 2.07. The Bertz CT molecular complexity index is 233. The monoisotopic (exact) mass is 247 g/mol. The quantitative estimate of drug-likeness (QED) is 0.602.